The zero-order chi connectivity index (χ0) is 14.4. The number of likely N-dealkylation sites (N-methyl/N-ethyl adjacent to an activating group) is 1. The van der Waals surface area contributed by atoms with Gasteiger partial charge in [-0.15, -0.1) is 0 Å². The summed E-state index contributed by atoms with van der Waals surface area (Å²) in [5.74, 6) is -1.51. The Bertz CT molecular complexity index is 733. The molecule has 0 saturated heterocycles. The summed E-state index contributed by atoms with van der Waals surface area (Å²) in [5, 5.41) is 9.87. The van der Waals surface area contributed by atoms with E-state index in [2.05, 4.69) is 20.9 Å². The first kappa shape index (κ1) is 13.5. The molecule has 1 aliphatic heterocycles. The summed E-state index contributed by atoms with van der Waals surface area (Å²) in [4.78, 5) is 18.2. The van der Waals surface area contributed by atoms with Crippen molar-refractivity contribution in [1.82, 2.24) is 9.88 Å². The van der Waals surface area contributed by atoms with Crippen LogP contribution in [-0.2, 0) is 13.0 Å². The van der Waals surface area contributed by atoms with Gasteiger partial charge in [0.25, 0.3) is 0 Å². The van der Waals surface area contributed by atoms with Crippen molar-refractivity contribution >= 4 is 32.8 Å². The second-order valence-electron chi connectivity index (χ2n) is 4.99. The fourth-order valence-electron chi connectivity index (χ4n) is 2.65. The van der Waals surface area contributed by atoms with Crippen molar-refractivity contribution in [1.29, 1.82) is 0 Å². The lowest BCUT2D eigenvalue weighted by Gasteiger charge is -2.26. The lowest BCUT2D eigenvalue weighted by atomic mass is 9.96. The molecule has 0 radical (unpaired) electrons. The zero-order valence-electron chi connectivity index (χ0n) is 10.8. The largest absolute Gasteiger partial charge is 0.478 e. The predicted octanol–water partition coefficient (Wildman–Crippen LogP) is 2.82. The van der Waals surface area contributed by atoms with Crippen molar-refractivity contribution in [2.24, 2.45) is 0 Å². The Hall–Kier alpha value is -1.53. The van der Waals surface area contributed by atoms with Gasteiger partial charge in [-0.3, -0.25) is 4.98 Å². The van der Waals surface area contributed by atoms with Crippen LogP contribution in [0.5, 0.6) is 0 Å². The molecular formula is C14H12BrFN2O2. The normalized spacial score (nSPS) is 15.3. The van der Waals surface area contributed by atoms with E-state index in [1.54, 1.807) is 0 Å². The maximum Gasteiger partial charge on any atom is 0.336 e. The van der Waals surface area contributed by atoms with Gasteiger partial charge in [0, 0.05) is 40.6 Å². The average molecular weight is 339 g/mol. The number of carbonyl (C=O) groups is 1. The highest BCUT2D eigenvalue weighted by Crippen LogP contribution is 2.32. The van der Waals surface area contributed by atoms with Crippen LogP contribution in [0, 0.1) is 5.82 Å². The van der Waals surface area contributed by atoms with Crippen LogP contribution in [0.4, 0.5) is 4.39 Å². The Morgan fingerprint density at radius 2 is 2.25 bits per heavy atom. The molecular weight excluding hydrogens is 327 g/mol. The van der Waals surface area contributed by atoms with Crippen molar-refractivity contribution in [3.8, 4) is 0 Å². The molecule has 0 atom stereocenters. The molecule has 0 saturated carbocycles. The number of halogens is 2. The first-order valence-electron chi connectivity index (χ1n) is 6.19. The fourth-order valence-corrected chi connectivity index (χ4v) is 3.17. The molecule has 0 fully saturated rings. The molecule has 4 nitrogen and oxygen atoms in total. The Kier molecular flexibility index (Phi) is 3.22. The molecule has 1 aromatic heterocycles. The number of nitrogens with zero attached hydrogens (tertiary/aromatic N) is 2. The summed E-state index contributed by atoms with van der Waals surface area (Å²) in [6.07, 6.45) is 0.700. The summed E-state index contributed by atoms with van der Waals surface area (Å²) in [6, 6.07) is 2.55. The molecule has 3 rings (SSSR count). The molecule has 1 N–H and O–H groups in total. The molecule has 1 aliphatic rings. The minimum Gasteiger partial charge on any atom is -0.478 e. The van der Waals surface area contributed by atoms with E-state index in [1.165, 1.54) is 12.1 Å². The highest BCUT2D eigenvalue weighted by molar-refractivity contribution is 9.10. The quantitative estimate of drug-likeness (QED) is 0.868. The number of hydrogen-bond acceptors (Lipinski definition) is 3. The number of pyridine rings is 1. The second-order valence-corrected chi connectivity index (χ2v) is 5.84. The molecule has 0 spiro atoms. The van der Waals surface area contributed by atoms with Crippen LogP contribution in [0.1, 0.15) is 21.6 Å². The molecule has 0 amide bonds. The number of hydrogen-bond donors (Lipinski definition) is 1. The number of aromatic nitrogens is 1. The van der Waals surface area contributed by atoms with Gasteiger partial charge in [-0.05, 0) is 35.1 Å². The molecule has 0 unspecified atom stereocenters. The summed E-state index contributed by atoms with van der Waals surface area (Å²) in [5.41, 5.74) is 2.15. The van der Waals surface area contributed by atoms with Crippen LogP contribution in [0.15, 0.2) is 16.6 Å². The highest BCUT2D eigenvalue weighted by Gasteiger charge is 2.25. The summed E-state index contributed by atoms with van der Waals surface area (Å²) < 4.78 is 14.1. The van der Waals surface area contributed by atoms with Crippen LogP contribution in [0.3, 0.4) is 0 Å². The van der Waals surface area contributed by atoms with Crippen LogP contribution in [0.25, 0.3) is 10.9 Å². The SMILES string of the molecule is CN1CCc2nc3c(Br)cc(F)cc3c(C(=O)O)c2C1. The van der Waals surface area contributed by atoms with E-state index in [4.69, 9.17) is 0 Å². The van der Waals surface area contributed by atoms with Gasteiger partial charge in [0.2, 0.25) is 0 Å². The molecule has 0 aliphatic carbocycles. The third-order valence-corrected chi connectivity index (χ3v) is 4.17. The maximum absolute atomic E-state index is 13.6. The van der Waals surface area contributed by atoms with Crippen molar-refractivity contribution in [3.05, 3.63) is 39.2 Å². The first-order valence-corrected chi connectivity index (χ1v) is 6.99. The zero-order valence-corrected chi connectivity index (χ0v) is 12.4. The van der Waals surface area contributed by atoms with E-state index in [9.17, 15) is 14.3 Å². The van der Waals surface area contributed by atoms with Crippen molar-refractivity contribution in [2.75, 3.05) is 13.6 Å². The van der Waals surface area contributed by atoms with E-state index in [0.717, 1.165) is 12.2 Å². The van der Waals surface area contributed by atoms with Crippen LogP contribution in [-0.4, -0.2) is 34.6 Å². The summed E-state index contributed by atoms with van der Waals surface area (Å²) >= 11 is 3.26. The fraction of sp³-hybridized carbons (Fsp3) is 0.286. The Morgan fingerprint density at radius 1 is 1.50 bits per heavy atom. The molecule has 1 aromatic carbocycles. The van der Waals surface area contributed by atoms with Crippen molar-refractivity contribution in [3.63, 3.8) is 0 Å². The number of aromatic carboxylic acids is 1. The Balaban J connectivity index is 2.42. The standard InChI is InChI=1S/C14H12BrFN2O2/c1-18-3-2-11-9(6-18)12(14(19)20)8-4-7(16)5-10(15)13(8)17-11/h4-5H,2-3,6H2,1H3,(H,19,20). The number of rotatable bonds is 1. The molecule has 104 valence electrons. The van der Waals surface area contributed by atoms with Gasteiger partial charge in [-0.1, -0.05) is 0 Å². The van der Waals surface area contributed by atoms with Crippen LogP contribution in [0.2, 0.25) is 0 Å². The van der Waals surface area contributed by atoms with Crippen molar-refractivity contribution in [2.45, 2.75) is 13.0 Å². The van der Waals surface area contributed by atoms with Gasteiger partial charge in [-0.25, -0.2) is 9.18 Å². The lowest BCUT2D eigenvalue weighted by Crippen LogP contribution is -2.29. The third-order valence-electron chi connectivity index (χ3n) is 3.57. The smallest absolute Gasteiger partial charge is 0.336 e. The second kappa shape index (κ2) is 4.79. The average Bonchev–Trinajstić information content (AvgIpc) is 2.36. The maximum atomic E-state index is 13.6. The molecule has 2 aromatic rings. The number of carboxylic acids is 1. The molecule has 6 heteroatoms. The van der Waals surface area contributed by atoms with Gasteiger partial charge in [-0.2, -0.15) is 0 Å². The van der Waals surface area contributed by atoms with Crippen LogP contribution >= 0.6 is 15.9 Å². The minimum absolute atomic E-state index is 0.164. The Labute approximate surface area is 123 Å². The summed E-state index contributed by atoms with van der Waals surface area (Å²) in [7, 11) is 1.93. The topological polar surface area (TPSA) is 53.4 Å². The van der Waals surface area contributed by atoms with Gasteiger partial charge in [0.1, 0.15) is 5.82 Å². The van der Waals surface area contributed by atoms with E-state index < -0.39 is 11.8 Å². The van der Waals surface area contributed by atoms with Gasteiger partial charge < -0.3 is 10.0 Å². The Morgan fingerprint density at radius 3 is 2.95 bits per heavy atom. The van der Waals surface area contributed by atoms with Gasteiger partial charge in [0.15, 0.2) is 0 Å². The number of benzene rings is 1. The number of carboxylic acid groups (broad SMARTS) is 1. The molecule has 20 heavy (non-hydrogen) atoms. The van der Waals surface area contributed by atoms with E-state index >= 15 is 0 Å². The van der Waals surface area contributed by atoms with Crippen molar-refractivity contribution < 1.29 is 14.3 Å². The van der Waals surface area contributed by atoms with Gasteiger partial charge >= 0.3 is 5.97 Å². The highest BCUT2D eigenvalue weighted by atomic mass is 79.9. The summed E-state index contributed by atoms with van der Waals surface area (Å²) in [6.45, 7) is 1.36. The number of fused-ring (bicyclic) bond motifs is 2. The van der Waals surface area contributed by atoms with Gasteiger partial charge in [0.05, 0.1) is 11.1 Å². The first-order chi connectivity index (χ1) is 9.47. The molecule has 2 heterocycles. The molecule has 0 bridgehead atoms. The predicted molar refractivity (Wildman–Crippen MR) is 76.4 cm³/mol. The van der Waals surface area contributed by atoms with Crippen LogP contribution < -0.4 is 0 Å². The third kappa shape index (κ3) is 2.09. The lowest BCUT2D eigenvalue weighted by molar-refractivity contribution is 0.0696. The van der Waals surface area contributed by atoms with E-state index in [0.29, 0.717) is 33.9 Å². The van der Waals surface area contributed by atoms with E-state index in [-0.39, 0.29) is 5.56 Å². The van der Waals surface area contributed by atoms with E-state index in [1.807, 2.05) is 11.9 Å². The monoisotopic (exact) mass is 338 g/mol. The minimum atomic E-state index is -1.04.